The predicted octanol–water partition coefficient (Wildman–Crippen LogP) is 5.01. The standard InChI is InChI=1S/C25H27NO4S/c1-14(2)13-30-25(29)22-15(3)26-19-11-17(21-8-5-9-31-21)12-20(28)24(19)23(22)16-6-4-7-18(27)10-16/h4-10,14,17,23,26-27H,11-13H2,1-3H3/t17-,23-/m0/s1. The van der Waals surface area contributed by atoms with Gasteiger partial charge in [-0.3, -0.25) is 4.79 Å². The van der Waals surface area contributed by atoms with Gasteiger partial charge in [-0.2, -0.15) is 0 Å². The average Bonchev–Trinajstić information content (AvgIpc) is 3.25. The molecule has 2 heterocycles. The Morgan fingerprint density at radius 2 is 2.06 bits per heavy atom. The lowest BCUT2D eigenvalue weighted by atomic mass is 9.72. The Morgan fingerprint density at radius 1 is 1.26 bits per heavy atom. The Bertz CT molecular complexity index is 1060. The molecule has 1 aliphatic heterocycles. The van der Waals surface area contributed by atoms with E-state index in [0.717, 1.165) is 5.70 Å². The molecular formula is C25H27NO4S. The fraction of sp³-hybridized carbons (Fsp3) is 0.360. The van der Waals surface area contributed by atoms with Crippen LogP contribution < -0.4 is 5.32 Å². The number of allylic oxidation sites excluding steroid dienone is 3. The van der Waals surface area contributed by atoms with Crippen molar-refractivity contribution < 1.29 is 19.4 Å². The number of thiophene rings is 1. The van der Waals surface area contributed by atoms with Gasteiger partial charge in [0.2, 0.25) is 0 Å². The number of hydrogen-bond donors (Lipinski definition) is 2. The lowest BCUT2D eigenvalue weighted by molar-refractivity contribution is -0.140. The van der Waals surface area contributed by atoms with Gasteiger partial charge in [0.15, 0.2) is 5.78 Å². The molecule has 0 saturated heterocycles. The monoisotopic (exact) mass is 437 g/mol. The lowest BCUT2D eigenvalue weighted by Crippen LogP contribution is -2.36. The van der Waals surface area contributed by atoms with Crippen molar-refractivity contribution >= 4 is 23.1 Å². The molecule has 1 aromatic heterocycles. The topological polar surface area (TPSA) is 75.6 Å². The zero-order valence-corrected chi connectivity index (χ0v) is 18.8. The summed E-state index contributed by atoms with van der Waals surface area (Å²) in [4.78, 5) is 27.7. The second kappa shape index (κ2) is 8.71. The summed E-state index contributed by atoms with van der Waals surface area (Å²) < 4.78 is 5.56. The van der Waals surface area contributed by atoms with Crippen LogP contribution in [0.1, 0.15) is 55.9 Å². The van der Waals surface area contributed by atoms with E-state index in [0.29, 0.717) is 41.9 Å². The van der Waals surface area contributed by atoms with Crippen LogP contribution in [0.15, 0.2) is 64.3 Å². The first kappa shape index (κ1) is 21.4. The highest BCUT2D eigenvalue weighted by molar-refractivity contribution is 7.10. The molecule has 2 atom stereocenters. The van der Waals surface area contributed by atoms with Crippen LogP contribution in [0.5, 0.6) is 5.75 Å². The predicted molar refractivity (Wildman–Crippen MR) is 121 cm³/mol. The van der Waals surface area contributed by atoms with Crippen LogP contribution in [0.2, 0.25) is 0 Å². The van der Waals surface area contributed by atoms with Crippen LogP contribution in [-0.4, -0.2) is 23.5 Å². The number of rotatable bonds is 5. The zero-order valence-electron chi connectivity index (χ0n) is 18.0. The van der Waals surface area contributed by atoms with E-state index in [9.17, 15) is 14.7 Å². The molecule has 5 nitrogen and oxygen atoms in total. The number of hydrogen-bond acceptors (Lipinski definition) is 6. The van der Waals surface area contributed by atoms with Crippen LogP contribution in [0, 0.1) is 5.92 Å². The number of benzene rings is 1. The number of phenolic OH excluding ortho intramolecular Hbond substituents is 1. The number of esters is 1. The Morgan fingerprint density at radius 3 is 2.74 bits per heavy atom. The zero-order chi connectivity index (χ0) is 22.1. The Labute approximate surface area is 186 Å². The van der Waals surface area contributed by atoms with E-state index < -0.39 is 11.9 Å². The first-order valence-corrected chi connectivity index (χ1v) is 11.5. The lowest BCUT2D eigenvalue weighted by Gasteiger charge is -2.36. The Balaban J connectivity index is 1.77. The van der Waals surface area contributed by atoms with Crippen molar-refractivity contribution in [3.05, 3.63) is 74.8 Å². The molecule has 2 aromatic rings. The third-order valence-corrected chi connectivity index (χ3v) is 6.78. The minimum atomic E-state index is -0.556. The highest BCUT2D eigenvalue weighted by atomic mass is 32.1. The largest absolute Gasteiger partial charge is 0.508 e. The Kier molecular flexibility index (Phi) is 6.01. The molecule has 1 aromatic carbocycles. The summed E-state index contributed by atoms with van der Waals surface area (Å²) in [6.07, 6.45) is 1.12. The summed E-state index contributed by atoms with van der Waals surface area (Å²) in [6.45, 7) is 6.13. The van der Waals surface area contributed by atoms with Crippen molar-refractivity contribution in [2.45, 2.75) is 45.4 Å². The second-order valence-electron chi connectivity index (χ2n) is 8.62. The van der Waals surface area contributed by atoms with E-state index in [4.69, 9.17) is 4.74 Å². The van der Waals surface area contributed by atoms with Gasteiger partial charge < -0.3 is 15.2 Å². The van der Waals surface area contributed by atoms with Gasteiger partial charge >= 0.3 is 5.97 Å². The molecule has 2 N–H and O–H groups in total. The summed E-state index contributed by atoms with van der Waals surface area (Å²) in [5.74, 6) is -0.511. The highest BCUT2D eigenvalue weighted by Crippen LogP contribution is 2.46. The van der Waals surface area contributed by atoms with Crippen molar-refractivity contribution in [1.29, 1.82) is 0 Å². The van der Waals surface area contributed by atoms with Crippen LogP contribution >= 0.6 is 11.3 Å². The van der Waals surface area contributed by atoms with E-state index in [1.165, 1.54) is 4.88 Å². The SMILES string of the molecule is CC1=C(C(=O)OCC(C)C)[C@H](c2cccc(O)c2)C2=C(C[C@H](c3cccs3)CC2=O)N1. The van der Waals surface area contributed by atoms with E-state index in [1.54, 1.807) is 29.5 Å². The number of aromatic hydroxyl groups is 1. The normalized spacial score (nSPS) is 21.2. The maximum Gasteiger partial charge on any atom is 0.336 e. The van der Waals surface area contributed by atoms with Gasteiger partial charge in [0.05, 0.1) is 12.2 Å². The van der Waals surface area contributed by atoms with Gasteiger partial charge in [0, 0.05) is 40.1 Å². The van der Waals surface area contributed by atoms with Crippen molar-refractivity contribution in [3.63, 3.8) is 0 Å². The van der Waals surface area contributed by atoms with Gasteiger partial charge in [0.25, 0.3) is 0 Å². The first-order valence-electron chi connectivity index (χ1n) is 10.6. The summed E-state index contributed by atoms with van der Waals surface area (Å²) in [6, 6.07) is 10.9. The van der Waals surface area contributed by atoms with Crippen molar-refractivity contribution in [3.8, 4) is 5.75 Å². The number of nitrogens with one attached hydrogen (secondary N) is 1. The van der Waals surface area contributed by atoms with Crippen LogP contribution in [0.4, 0.5) is 0 Å². The van der Waals surface area contributed by atoms with Gasteiger partial charge in [-0.25, -0.2) is 4.79 Å². The number of ketones is 1. The summed E-state index contributed by atoms with van der Waals surface area (Å²) in [5, 5.41) is 15.5. The molecule has 2 aliphatic rings. The van der Waals surface area contributed by atoms with Crippen molar-refractivity contribution in [1.82, 2.24) is 5.32 Å². The van der Waals surface area contributed by atoms with Crippen molar-refractivity contribution in [2.24, 2.45) is 5.92 Å². The molecule has 0 spiro atoms. The summed E-state index contributed by atoms with van der Waals surface area (Å²) in [7, 11) is 0. The molecule has 0 radical (unpaired) electrons. The third-order valence-electron chi connectivity index (χ3n) is 5.74. The van der Waals surface area contributed by atoms with E-state index in [1.807, 2.05) is 38.3 Å². The van der Waals surface area contributed by atoms with E-state index in [2.05, 4.69) is 11.4 Å². The maximum atomic E-state index is 13.4. The molecule has 31 heavy (non-hydrogen) atoms. The third kappa shape index (κ3) is 4.30. The van der Waals surface area contributed by atoms with E-state index in [-0.39, 0.29) is 23.4 Å². The molecular weight excluding hydrogens is 410 g/mol. The van der Waals surface area contributed by atoms with Crippen LogP contribution in [-0.2, 0) is 14.3 Å². The number of carbonyl (C=O) groups excluding carboxylic acids is 2. The highest BCUT2D eigenvalue weighted by Gasteiger charge is 2.41. The minimum Gasteiger partial charge on any atom is -0.508 e. The smallest absolute Gasteiger partial charge is 0.336 e. The van der Waals surface area contributed by atoms with Gasteiger partial charge in [-0.05, 0) is 48.4 Å². The van der Waals surface area contributed by atoms with Gasteiger partial charge in [-0.15, -0.1) is 11.3 Å². The summed E-state index contributed by atoms with van der Waals surface area (Å²) >= 11 is 1.66. The Hall–Kier alpha value is -2.86. The fourth-order valence-electron chi connectivity index (χ4n) is 4.39. The number of Topliss-reactive ketones (excluding diaryl/α,β-unsaturated/α-hetero) is 1. The molecule has 0 unspecified atom stereocenters. The second-order valence-corrected chi connectivity index (χ2v) is 9.60. The number of dihydropyridines is 1. The molecule has 0 saturated carbocycles. The van der Waals surface area contributed by atoms with E-state index >= 15 is 0 Å². The summed E-state index contributed by atoms with van der Waals surface area (Å²) in [5.41, 5.74) is 3.32. The molecule has 0 bridgehead atoms. The molecule has 4 rings (SSSR count). The van der Waals surface area contributed by atoms with Crippen molar-refractivity contribution in [2.75, 3.05) is 6.61 Å². The molecule has 1 aliphatic carbocycles. The van der Waals surface area contributed by atoms with Gasteiger partial charge in [0.1, 0.15) is 5.75 Å². The molecule has 0 amide bonds. The van der Waals surface area contributed by atoms with Gasteiger partial charge in [-0.1, -0.05) is 32.0 Å². The molecule has 0 fully saturated rings. The number of ether oxygens (including phenoxy) is 1. The molecule has 6 heteroatoms. The first-order chi connectivity index (χ1) is 14.8. The number of phenols is 1. The van der Waals surface area contributed by atoms with Crippen LogP contribution in [0.25, 0.3) is 0 Å². The van der Waals surface area contributed by atoms with Crippen LogP contribution in [0.3, 0.4) is 0 Å². The molecule has 162 valence electrons. The minimum absolute atomic E-state index is 0.0298. The average molecular weight is 438 g/mol. The maximum absolute atomic E-state index is 13.4. The number of carbonyl (C=O) groups is 2. The quantitative estimate of drug-likeness (QED) is 0.643. The fourth-order valence-corrected chi connectivity index (χ4v) is 5.22.